The summed E-state index contributed by atoms with van der Waals surface area (Å²) in [4.78, 5) is 2.49. The molecule has 0 aliphatic carbocycles. The van der Waals surface area contributed by atoms with Crippen molar-refractivity contribution in [2.45, 2.75) is 25.8 Å². The minimum atomic E-state index is 0.632. The van der Waals surface area contributed by atoms with Gasteiger partial charge in [-0.05, 0) is 50.6 Å². The molecule has 1 aromatic carbocycles. The van der Waals surface area contributed by atoms with Gasteiger partial charge in [0.05, 0.1) is 0 Å². The summed E-state index contributed by atoms with van der Waals surface area (Å²) in [5.41, 5.74) is 9.22. The van der Waals surface area contributed by atoms with Gasteiger partial charge in [0, 0.05) is 30.5 Å². The number of hydrogen-bond acceptors (Lipinski definition) is 3. The molecular formula is C13H21N3. The number of aryl methyl sites for hydroxylation is 1. The lowest BCUT2D eigenvalue weighted by Crippen LogP contribution is -2.36. The highest BCUT2D eigenvalue weighted by atomic mass is 15.2. The molecule has 0 saturated carbocycles. The first-order valence-corrected chi connectivity index (χ1v) is 5.99. The summed E-state index contributed by atoms with van der Waals surface area (Å²) in [5.74, 6) is 0. The molecule has 1 unspecified atom stereocenters. The quantitative estimate of drug-likeness (QED) is 0.761. The molecule has 3 heteroatoms. The van der Waals surface area contributed by atoms with Crippen molar-refractivity contribution in [1.82, 2.24) is 5.32 Å². The number of hydrogen-bond donors (Lipinski definition) is 2. The standard InChI is InChI=1S/C13H21N3/c1-10-8-11(5-6-13(10)14)16-7-3-4-12(16)9-15-2/h5-6,8,12,15H,3-4,7,9,14H2,1-2H3. The van der Waals surface area contributed by atoms with Crippen LogP contribution in [0, 0.1) is 6.92 Å². The molecule has 0 radical (unpaired) electrons. The van der Waals surface area contributed by atoms with Gasteiger partial charge >= 0.3 is 0 Å². The molecular weight excluding hydrogens is 198 g/mol. The van der Waals surface area contributed by atoms with Gasteiger partial charge in [-0.2, -0.15) is 0 Å². The molecule has 0 amide bonds. The van der Waals surface area contributed by atoms with Crippen molar-refractivity contribution in [2.24, 2.45) is 0 Å². The molecule has 3 N–H and O–H groups in total. The highest BCUT2D eigenvalue weighted by Gasteiger charge is 2.23. The van der Waals surface area contributed by atoms with E-state index in [0.717, 1.165) is 18.8 Å². The van der Waals surface area contributed by atoms with Crippen molar-refractivity contribution in [3.05, 3.63) is 23.8 Å². The normalized spacial score (nSPS) is 20.4. The summed E-state index contributed by atoms with van der Waals surface area (Å²) in [6.07, 6.45) is 2.57. The molecule has 0 aromatic heterocycles. The fraction of sp³-hybridized carbons (Fsp3) is 0.538. The van der Waals surface area contributed by atoms with Crippen LogP contribution in [-0.4, -0.2) is 26.2 Å². The van der Waals surface area contributed by atoms with Crippen molar-refractivity contribution >= 4 is 11.4 Å². The van der Waals surface area contributed by atoms with Crippen LogP contribution in [0.4, 0.5) is 11.4 Å². The SMILES string of the molecule is CNCC1CCCN1c1ccc(N)c(C)c1. The van der Waals surface area contributed by atoms with Crippen molar-refractivity contribution in [3.8, 4) is 0 Å². The highest BCUT2D eigenvalue weighted by molar-refractivity contribution is 5.58. The number of benzene rings is 1. The fourth-order valence-electron chi connectivity index (χ4n) is 2.46. The van der Waals surface area contributed by atoms with Crippen molar-refractivity contribution < 1.29 is 0 Å². The number of likely N-dealkylation sites (N-methyl/N-ethyl adjacent to an activating group) is 1. The first kappa shape index (κ1) is 11.3. The largest absolute Gasteiger partial charge is 0.399 e. The van der Waals surface area contributed by atoms with Crippen LogP contribution in [-0.2, 0) is 0 Å². The average Bonchev–Trinajstić information content (AvgIpc) is 2.71. The first-order valence-electron chi connectivity index (χ1n) is 5.99. The third-order valence-electron chi connectivity index (χ3n) is 3.40. The molecule has 3 nitrogen and oxygen atoms in total. The minimum Gasteiger partial charge on any atom is -0.399 e. The predicted molar refractivity (Wildman–Crippen MR) is 69.9 cm³/mol. The van der Waals surface area contributed by atoms with E-state index in [1.165, 1.54) is 24.1 Å². The zero-order chi connectivity index (χ0) is 11.5. The number of anilines is 2. The van der Waals surface area contributed by atoms with Crippen LogP contribution in [0.25, 0.3) is 0 Å². The number of nitrogens with two attached hydrogens (primary N) is 1. The van der Waals surface area contributed by atoms with E-state index < -0.39 is 0 Å². The van der Waals surface area contributed by atoms with Gasteiger partial charge in [0.2, 0.25) is 0 Å². The third-order valence-corrected chi connectivity index (χ3v) is 3.40. The van der Waals surface area contributed by atoms with Gasteiger partial charge in [-0.3, -0.25) is 0 Å². The van der Waals surface area contributed by atoms with E-state index >= 15 is 0 Å². The Bertz CT molecular complexity index is 362. The second-order valence-corrected chi connectivity index (χ2v) is 4.59. The lowest BCUT2D eigenvalue weighted by molar-refractivity contribution is 0.615. The van der Waals surface area contributed by atoms with Crippen molar-refractivity contribution in [1.29, 1.82) is 0 Å². The third kappa shape index (κ3) is 2.14. The summed E-state index contributed by atoms with van der Waals surface area (Å²) in [6, 6.07) is 6.98. The van der Waals surface area contributed by atoms with E-state index in [0.29, 0.717) is 6.04 Å². The topological polar surface area (TPSA) is 41.3 Å². The molecule has 1 aliphatic rings. The van der Waals surface area contributed by atoms with Gasteiger partial charge in [0.25, 0.3) is 0 Å². The molecule has 1 aliphatic heterocycles. The van der Waals surface area contributed by atoms with Crippen LogP contribution in [0.1, 0.15) is 18.4 Å². The zero-order valence-corrected chi connectivity index (χ0v) is 10.2. The molecule has 1 saturated heterocycles. The monoisotopic (exact) mass is 219 g/mol. The van der Waals surface area contributed by atoms with Crippen LogP contribution in [0.2, 0.25) is 0 Å². The minimum absolute atomic E-state index is 0.632. The van der Waals surface area contributed by atoms with Crippen LogP contribution in [0.5, 0.6) is 0 Å². The van der Waals surface area contributed by atoms with Crippen LogP contribution in [0.3, 0.4) is 0 Å². The molecule has 1 aromatic rings. The smallest absolute Gasteiger partial charge is 0.0415 e. The van der Waals surface area contributed by atoms with Crippen molar-refractivity contribution in [2.75, 3.05) is 30.8 Å². The van der Waals surface area contributed by atoms with Gasteiger partial charge in [0.1, 0.15) is 0 Å². The van der Waals surface area contributed by atoms with Gasteiger partial charge in [-0.1, -0.05) is 0 Å². The number of nitrogens with zero attached hydrogens (tertiary/aromatic N) is 1. The van der Waals surface area contributed by atoms with Gasteiger partial charge in [0.15, 0.2) is 0 Å². The Morgan fingerprint density at radius 2 is 2.31 bits per heavy atom. The fourth-order valence-corrected chi connectivity index (χ4v) is 2.46. The Morgan fingerprint density at radius 1 is 1.50 bits per heavy atom. The van der Waals surface area contributed by atoms with E-state index in [1.807, 2.05) is 13.1 Å². The maximum Gasteiger partial charge on any atom is 0.0415 e. The first-order chi connectivity index (χ1) is 7.72. The Labute approximate surface area is 97.6 Å². The lowest BCUT2D eigenvalue weighted by Gasteiger charge is -2.27. The number of rotatable bonds is 3. The average molecular weight is 219 g/mol. The maximum atomic E-state index is 5.85. The lowest BCUT2D eigenvalue weighted by atomic mass is 10.1. The molecule has 0 bridgehead atoms. The predicted octanol–water partition coefficient (Wildman–Crippen LogP) is 1.77. The summed E-state index contributed by atoms with van der Waals surface area (Å²) >= 11 is 0. The van der Waals surface area contributed by atoms with Gasteiger partial charge in [-0.15, -0.1) is 0 Å². The molecule has 1 fully saturated rings. The molecule has 2 rings (SSSR count). The maximum absolute atomic E-state index is 5.85. The highest BCUT2D eigenvalue weighted by Crippen LogP contribution is 2.27. The van der Waals surface area contributed by atoms with Gasteiger partial charge < -0.3 is 16.0 Å². The zero-order valence-electron chi connectivity index (χ0n) is 10.2. The molecule has 1 atom stereocenters. The number of nitrogens with one attached hydrogen (secondary N) is 1. The van der Waals surface area contributed by atoms with E-state index in [-0.39, 0.29) is 0 Å². The second kappa shape index (κ2) is 4.74. The molecule has 88 valence electrons. The Kier molecular flexibility index (Phi) is 3.34. The summed E-state index contributed by atoms with van der Waals surface area (Å²) in [6.45, 7) is 4.29. The molecule has 0 spiro atoms. The Morgan fingerprint density at radius 3 is 3.00 bits per heavy atom. The summed E-state index contributed by atoms with van der Waals surface area (Å²) in [5, 5.41) is 3.27. The molecule has 16 heavy (non-hydrogen) atoms. The Balaban J connectivity index is 2.19. The van der Waals surface area contributed by atoms with E-state index in [1.54, 1.807) is 0 Å². The van der Waals surface area contributed by atoms with Crippen LogP contribution >= 0.6 is 0 Å². The van der Waals surface area contributed by atoms with Crippen LogP contribution in [0.15, 0.2) is 18.2 Å². The van der Waals surface area contributed by atoms with E-state index in [2.05, 4.69) is 29.3 Å². The molecule has 1 heterocycles. The van der Waals surface area contributed by atoms with Crippen molar-refractivity contribution in [3.63, 3.8) is 0 Å². The summed E-state index contributed by atoms with van der Waals surface area (Å²) < 4.78 is 0. The van der Waals surface area contributed by atoms with E-state index in [9.17, 15) is 0 Å². The second-order valence-electron chi connectivity index (χ2n) is 4.59. The number of nitrogen functional groups attached to an aromatic ring is 1. The summed E-state index contributed by atoms with van der Waals surface area (Å²) in [7, 11) is 2.02. The Hall–Kier alpha value is -1.22. The van der Waals surface area contributed by atoms with Gasteiger partial charge in [-0.25, -0.2) is 0 Å². The van der Waals surface area contributed by atoms with E-state index in [4.69, 9.17) is 5.73 Å². The van der Waals surface area contributed by atoms with Crippen LogP contribution < -0.4 is 16.0 Å².